The van der Waals surface area contributed by atoms with Crippen LogP contribution in [-0.4, -0.2) is 28.6 Å². The summed E-state index contributed by atoms with van der Waals surface area (Å²) < 4.78 is 0. The SMILES string of the molecule is O=C(NC(CCO)C1CC1)c1cc(Cl)cc([N+](=O)[O-])c1. The van der Waals surface area contributed by atoms with E-state index < -0.39 is 10.8 Å². The molecule has 6 nitrogen and oxygen atoms in total. The number of halogens is 1. The lowest BCUT2D eigenvalue weighted by Gasteiger charge is -2.17. The van der Waals surface area contributed by atoms with Crippen molar-refractivity contribution in [1.29, 1.82) is 0 Å². The number of nitro groups is 1. The van der Waals surface area contributed by atoms with Crippen molar-refractivity contribution in [2.75, 3.05) is 6.61 Å². The molecule has 0 aromatic heterocycles. The molecule has 2 rings (SSSR count). The van der Waals surface area contributed by atoms with E-state index in [1.807, 2.05) is 0 Å². The van der Waals surface area contributed by atoms with Gasteiger partial charge in [0.2, 0.25) is 0 Å². The average Bonchev–Trinajstić information content (AvgIpc) is 3.21. The number of nitrogens with one attached hydrogen (secondary N) is 1. The van der Waals surface area contributed by atoms with E-state index in [9.17, 15) is 14.9 Å². The maximum atomic E-state index is 12.1. The minimum atomic E-state index is -0.589. The number of amides is 1. The molecule has 0 heterocycles. The van der Waals surface area contributed by atoms with Crippen molar-refractivity contribution in [2.45, 2.75) is 25.3 Å². The second-order valence-electron chi connectivity index (χ2n) is 4.88. The van der Waals surface area contributed by atoms with Crippen LogP contribution in [0, 0.1) is 16.0 Å². The third kappa shape index (κ3) is 3.68. The van der Waals surface area contributed by atoms with Crippen molar-refractivity contribution in [1.82, 2.24) is 5.32 Å². The molecule has 1 aromatic rings. The van der Waals surface area contributed by atoms with Gasteiger partial charge >= 0.3 is 0 Å². The van der Waals surface area contributed by atoms with Crippen molar-refractivity contribution >= 4 is 23.2 Å². The number of carbonyl (C=O) groups excluding carboxylic acids is 1. The highest BCUT2D eigenvalue weighted by Crippen LogP contribution is 2.34. The first-order valence-corrected chi connectivity index (χ1v) is 6.75. The minimum Gasteiger partial charge on any atom is -0.396 e. The molecule has 0 spiro atoms. The molecule has 1 aliphatic carbocycles. The molecular weight excluding hydrogens is 284 g/mol. The molecule has 1 aliphatic rings. The van der Waals surface area contributed by atoms with Crippen LogP contribution in [0.2, 0.25) is 5.02 Å². The second-order valence-corrected chi connectivity index (χ2v) is 5.32. The third-order valence-corrected chi connectivity index (χ3v) is 3.52. The number of aliphatic hydroxyl groups excluding tert-OH is 1. The molecule has 2 N–H and O–H groups in total. The van der Waals surface area contributed by atoms with Crippen molar-refractivity contribution in [3.63, 3.8) is 0 Å². The monoisotopic (exact) mass is 298 g/mol. The van der Waals surface area contributed by atoms with Crippen molar-refractivity contribution in [2.24, 2.45) is 5.92 Å². The quantitative estimate of drug-likeness (QED) is 0.621. The summed E-state index contributed by atoms with van der Waals surface area (Å²) >= 11 is 5.79. The van der Waals surface area contributed by atoms with Crippen molar-refractivity contribution in [3.8, 4) is 0 Å². The smallest absolute Gasteiger partial charge is 0.271 e. The van der Waals surface area contributed by atoms with Gasteiger partial charge in [-0.25, -0.2) is 0 Å². The summed E-state index contributed by atoms with van der Waals surface area (Å²) in [6.45, 7) is -0.00284. The first-order valence-electron chi connectivity index (χ1n) is 6.38. The number of rotatable bonds is 6. The predicted octanol–water partition coefficient (Wildman–Crippen LogP) is 2.14. The number of nitro benzene ring substituents is 1. The third-order valence-electron chi connectivity index (χ3n) is 3.30. The van der Waals surface area contributed by atoms with Gasteiger partial charge < -0.3 is 10.4 Å². The summed E-state index contributed by atoms with van der Waals surface area (Å²) in [5.74, 6) is -0.0128. The highest BCUT2D eigenvalue weighted by molar-refractivity contribution is 6.31. The van der Waals surface area contributed by atoms with Crippen LogP contribution in [0.15, 0.2) is 18.2 Å². The molecule has 0 radical (unpaired) electrons. The zero-order valence-electron chi connectivity index (χ0n) is 10.7. The molecule has 108 valence electrons. The summed E-state index contributed by atoms with van der Waals surface area (Å²) in [5.41, 5.74) is -0.0550. The van der Waals surface area contributed by atoms with Crippen molar-refractivity contribution in [3.05, 3.63) is 38.9 Å². The van der Waals surface area contributed by atoms with E-state index in [2.05, 4.69) is 5.32 Å². The topological polar surface area (TPSA) is 92.5 Å². The van der Waals surface area contributed by atoms with Crippen LogP contribution in [0.25, 0.3) is 0 Å². The Hall–Kier alpha value is -1.66. The van der Waals surface area contributed by atoms with Crippen LogP contribution in [-0.2, 0) is 0 Å². The van der Waals surface area contributed by atoms with E-state index in [-0.39, 0.29) is 28.9 Å². The number of aliphatic hydroxyl groups is 1. The highest BCUT2D eigenvalue weighted by atomic mass is 35.5. The molecule has 20 heavy (non-hydrogen) atoms. The minimum absolute atomic E-state index is 0.00284. The number of non-ortho nitro benzene ring substituents is 1. The maximum Gasteiger partial charge on any atom is 0.271 e. The van der Waals surface area contributed by atoms with E-state index in [4.69, 9.17) is 16.7 Å². The summed E-state index contributed by atoms with van der Waals surface area (Å²) in [6, 6.07) is 3.70. The Morgan fingerprint density at radius 2 is 2.20 bits per heavy atom. The van der Waals surface area contributed by atoms with Gasteiger partial charge in [0.1, 0.15) is 0 Å². The number of benzene rings is 1. The van der Waals surface area contributed by atoms with Gasteiger partial charge in [0, 0.05) is 35.4 Å². The second kappa shape index (κ2) is 6.19. The molecule has 1 unspecified atom stereocenters. The Kier molecular flexibility index (Phi) is 4.57. The van der Waals surface area contributed by atoms with E-state index in [1.165, 1.54) is 18.2 Å². The molecule has 1 saturated carbocycles. The summed E-state index contributed by atoms with van der Waals surface area (Å²) in [7, 11) is 0. The Balaban J connectivity index is 2.13. The Bertz CT molecular complexity index is 531. The molecule has 0 bridgehead atoms. The fraction of sp³-hybridized carbons (Fsp3) is 0.462. The van der Waals surface area contributed by atoms with Crippen LogP contribution in [0.5, 0.6) is 0 Å². The number of hydrogen-bond donors (Lipinski definition) is 2. The Morgan fingerprint density at radius 1 is 1.50 bits per heavy atom. The van der Waals surface area contributed by atoms with E-state index in [0.29, 0.717) is 12.3 Å². The zero-order chi connectivity index (χ0) is 14.7. The summed E-state index contributed by atoms with van der Waals surface area (Å²) in [6.07, 6.45) is 2.54. The van der Waals surface area contributed by atoms with Crippen LogP contribution in [0.3, 0.4) is 0 Å². The van der Waals surface area contributed by atoms with E-state index in [1.54, 1.807) is 0 Å². The van der Waals surface area contributed by atoms with Gasteiger partial charge in [0.25, 0.3) is 11.6 Å². The largest absolute Gasteiger partial charge is 0.396 e. The van der Waals surface area contributed by atoms with Crippen LogP contribution >= 0.6 is 11.6 Å². The van der Waals surface area contributed by atoms with Gasteiger partial charge in [0.15, 0.2) is 0 Å². The van der Waals surface area contributed by atoms with Gasteiger partial charge in [-0.3, -0.25) is 14.9 Å². The van der Waals surface area contributed by atoms with E-state index >= 15 is 0 Å². The molecule has 0 aliphatic heterocycles. The number of carbonyl (C=O) groups is 1. The van der Waals surface area contributed by atoms with Crippen LogP contribution in [0.4, 0.5) is 5.69 Å². The number of hydrogen-bond acceptors (Lipinski definition) is 4. The van der Waals surface area contributed by atoms with Crippen molar-refractivity contribution < 1.29 is 14.8 Å². The summed E-state index contributed by atoms with van der Waals surface area (Å²) in [5, 5.41) is 22.7. The molecule has 0 saturated heterocycles. The maximum absolute atomic E-state index is 12.1. The predicted molar refractivity (Wildman–Crippen MR) is 73.8 cm³/mol. The molecule has 1 aromatic carbocycles. The highest BCUT2D eigenvalue weighted by Gasteiger charge is 2.32. The Labute approximate surface area is 120 Å². The van der Waals surface area contributed by atoms with Gasteiger partial charge in [-0.15, -0.1) is 0 Å². The average molecular weight is 299 g/mol. The van der Waals surface area contributed by atoms with Gasteiger partial charge in [-0.2, -0.15) is 0 Å². The first kappa shape index (κ1) is 14.7. The van der Waals surface area contributed by atoms with Gasteiger partial charge in [-0.05, 0) is 31.2 Å². The molecule has 1 fully saturated rings. The molecule has 7 heteroatoms. The standard InChI is InChI=1S/C13H15ClN2O4/c14-10-5-9(6-11(7-10)16(19)20)13(18)15-12(3-4-17)8-1-2-8/h5-8,12,17H,1-4H2,(H,15,18). The van der Waals surface area contributed by atoms with Crippen LogP contribution < -0.4 is 5.32 Å². The summed E-state index contributed by atoms with van der Waals surface area (Å²) in [4.78, 5) is 22.3. The van der Waals surface area contributed by atoms with E-state index in [0.717, 1.165) is 12.8 Å². The normalized spacial score (nSPS) is 15.7. The zero-order valence-corrected chi connectivity index (χ0v) is 11.5. The Morgan fingerprint density at radius 3 is 2.75 bits per heavy atom. The molecular formula is C13H15ClN2O4. The first-order chi connectivity index (χ1) is 9.51. The lowest BCUT2D eigenvalue weighted by Crippen LogP contribution is -2.37. The molecule has 1 atom stereocenters. The number of nitrogens with zero attached hydrogens (tertiary/aromatic N) is 1. The van der Waals surface area contributed by atoms with Crippen LogP contribution in [0.1, 0.15) is 29.6 Å². The lowest BCUT2D eigenvalue weighted by molar-refractivity contribution is -0.384. The lowest BCUT2D eigenvalue weighted by atomic mass is 10.1. The van der Waals surface area contributed by atoms with Gasteiger partial charge in [-0.1, -0.05) is 11.6 Å². The fourth-order valence-corrected chi connectivity index (χ4v) is 2.36. The molecule has 1 amide bonds. The fourth-order valence-electron chi connectivity index (χ4n) is 2.13. The van der Waals surface area contributed by atoms with Gasteiger partial charge in [0.05, 0.1) is 4.92 Å².